The lowest BCUT2D eigenvalue weighted by molar-refractivity contribution is 0.0954. The molecule has 0 unspecified atom stereocenters. The maximum absolute atomic E-state index is 13.0. The van der Waals surface area contributed by atoms with E-state index in [4.69, 9.17) is 5.73 Å². The van der Waals surface area contributed by atoms with Gasteiger partial charge in [-0.3, -0.25) is 4.79 Å². The van der Waals surface area contributed by atoms with E-state index in [9.17, 15) is 14.3 Å². The van der Waals surface area contributed by atoms with Crippen molar-refractivity contribution in [2.45, 2.75) is 13.3 Å². The Kier molecular flexibility index (Phi) is 4.42. The predicted molar refractivity (Wildman–Crippen MR) is 79.7 cm³/mol. The maximum Gasteiger partial charge on any atom is 0.253 e. The van der Waals surface area contributed by atoms with Crippen molar-refractivity contribution in [3.63, 3.8) is 0 Å². The van der Waals surface area contributed by atoms with Gasteiger partial charge in [-0.1, -0.05) is 6.07 Å². The van der Waals surface area contributed by atoms with Crippen molar-refractivity contribution in [1.29, 1.82) is 0 Å². The number of nitrogens with one attached hydrogen (secondary N) is 1. The molecule has 0 aliphatic heterocycles. The minimum absolute atomic E-state index is 0.0104. The highest BCUT2D eigenvalue weighted by atomic mass is 19.1. The van der Waals surface area contributed by atoms with E-state index in [0.29, 0.717) is 18.7 Å². The average molecular weight is 288 g/mol. The molecule has 2 aromatic rings. The molecule has 0 aromatic heterocycles. The van der Waals surface area contributed by atoms with Gasteiger partial charge in [-0.15, -0.1) is 0 Å². The molecule has 0 atom stereocenters. The molecule has 21 heavy (non-hydrogen) atoms. The number of phenols is 1. The van der Waals surface area contributed by atoms with Crippen LogP contribution in [0.2, 0.25) is 0 Å². The average Bonchev–Trinajstić information content (AvgIpc) is 2.43. The highest BCUT2D eigenvalue weighted by Crippen LogP contribution is 2.18. The summed E-state index contributed by atoms with van der Waals surface area (Å²) in [5.74, 6) is -0.625. The molecular weight excluding hydrogens is 271 g/mol. The highest BCUT2D eigenvalue weighted by molar-refractivity contribution is 5.99. The third-order valence-corrected chi connectivity index (χ3v) is 3.27. The molecule has 0 saturated heterocycles. The first-order valence-corrected chi connectivity index (χ1v) is 6.59. The van der Waals surface area contributed by atoms with E-state index in [1.165, 1.54) is 30.3 Å². The number of aromatic hydroxyl groups is 1. The first-order chi connectivity index (χ1) is 9.97. The highest BCUT2D eigenvalue weighted by Gasteiger charge is 2.10. The monoisotopic (exact) mass is 288 g/mol. The van der Waals surface area contributed by atoms with Gasteiger partial charge in [0.2, 0.25) is 0 Å². The summed E-state index contributed by atoms with van der Waals surface area (Å²) < 4.78 is 13.0. The second-order valence-electron chi connectivity index (χ2n) is 4.85. The normalized spacial score (nSPS) is 10.4. The summed E-state index contributed by atoms with van der Waals surface area (Å²) in [7, 11) is 0. The number of nitrogen functional groups attached to an aromatic ring is 1. The minimum Gasteiger partial charge on any atom is -0.508 e. The molecular formula is C16H17FN2O2. The molecule has 4 N–H and O–H groups in total. The van der Waals surface area contributed by atoms with E-state index < -0.39 is 0 Å². The van der Waals surface area contributed by atoms with Crippen LogP contribution in [0, 0.1) is 12.7 Å². The van der Waals surface area contributed by atoms with Crippen LogP contribution in [0.3, 0.4) is 0 Å². The fourth-order valence-corrected chi connectivity index (χ4v) is 2.09. The van der Waals surface area contributed by atoms with Crippen molar-refractivity contribution in [1.82, 2.24) is 5.32 Å². The number of halogens is 1. The van der Waals surface area contributed by atoms with Gasteiger partial charge < -0.3 is 16.2 Å². The molecule has 0 radical (unpaired) electrons. The standard InChI is InChI=1S/C16H17FN2O2/c1-10-8-12(17)3-2-11(10)6-7-19-16(21)14-9-13(20)4-5-15(14)18/h2-5,8-9,20H,6-7,18H2,1H3,(H,19,21). The Morgan fingerprint density at radius 1 is 1.29 bits per heavy atom. The van der Waals surface area contributed by atoms with Gasteiger partial charge in [0, 0.05) is 12.2 Å². The van der Waals surface area contributed by atoms with E-state index in [1.807, 2.05) is 6.92 Å². The molecule has 5 heteroatoms. The van der Waals surface area contributed by atoms with Crippen molar-refractivity contribution in [3.05, 3.63) is 58.9 Å². The second-order valence-corrected chi connectivity index (χ2v) is 4.85. The summed E-state index contributed by atoms with van der Waals surface area (Å²) in [6.07, 6.45) is 0.594. The minimum atomic E-state index is -0.344. The van der Waals surface area contributed by atoms with Crippen molar-refractivity contribution >= 4 is 11.6 Å². The van der Waals surface area contributed by atoms with Crippen LogP contribution in [0.1, 0.15) is 21.5 Å². The van der Waals surface area contributed by atoms with Gasteiger partial charge in [-0.2, -0.15) is 0 Å². The molecule has 4 nitrogen and oxygen atoms in total. The van der Waals surface area contributed by atoms with Gasteiger partial charge in [0.1, 0.15) is 11.6 Å². The Morgan fingerprint density at radius 3 is 2.76 bits per heavy atom. The Hall–Kier alpha value is -2.56. The molecule has 0 saturated carbocycles. The van der Waals surface area contributed by atoms with Gasteiger partial charge in [0.05, 0.1) is 5.56 Å². The lowest BCUT2D eigenvalue weighted by Crippen LogP contribution is -2.26. The van der Waals surface area contributed by atoms with E-state index >= 15 is 0 Å². The summed E-state index contributed by atoms with van der Waals surface area (Å²) in [6.45, 7) is 2.23. The third kappa shape index (κ3) is 3.72. The van der Waals surface area contributed by atoms with Crippen molar-refractivity contribution in [2.24, 2.45) is 0 Å². The number of rotatable bonds is 4. The Morgan fingerprint density at radius 2 is 2.05 bits per heavy atom. The predicted octanol–water partition coefficient (Wildman–Crippen LogP) is 2.39. The summed E-state index contributed by atoms with van der Waals surface area (Å²) in [5, 5.41) is 12.1. The molecule has 2 rings (SSSR count). The largest absolute Gasteiger partial charge is 0.508 e. The van der Waals surface area contributed by atoms with Crippen LogP contribution >= 0.6 is 0 Å². The van der Waals surface area contributed by atoms with Crippen LogP contribution < -0.4 is 11.1 Å². The molecule has 0 fully saturated rings. The Bertz CT molecular complexity index is 671. The summed E-state index contributed by atoms with van der Waals surface area (Å²) in [5.41, 5.74) is 8.07. The zero-order valence-corrected chi connectivity index (χ0v) is 11.7. The molecule has 0 heterocycles. The number of anilines is 1. The fourth-order valence-electron chi connectivity index (χ4n) is 2.09. The summed E-state index contributed by atoms with van der Waals surface area (Å²) >= 11 is 0. The van der Waals surface area contributed by atoms with Crippen LogP contribution in [0.25, 0.3) is 0 Å². The van der Waals surface area contributed by atoms with Crippen molar-refractivity contribution in [3.8, 4) is 5.75 Å². The Balaban J connectivity index is 1.97. The van der Waals surface area contributed by atoms with Crippen LogP contribution in [0.4, 0.5) is 10.1 Å². The molecule has 0 bridgehead atoms. The molecule has 110 valence electrons. The number of hydrogen-bond donors (Lipinski definition) is 3. The van der Waals surface area contributed by atoms with E-state index in [-0.39, 0.29) is 23.0 Å². The molecule has 2 aromatic carbocycles. The summed E-state index contributed by atoms with van der Waals surface area (Å²) in [4.78, 5) is 12.0. The van der Waals surface area contributed by atoms with Gasteiger partial charge in [0.15, 0.2) is 0 Å². The lowest BCUT2D eigenvalue weighted by Gasteiger charge is -2.09. The van der Waals surface area contributed by atoms with Crippen LogP contribution in [0.15, 0.2) is 36.4 Å². The zero-order chi connectivity index (χ0) is 15.4. The van der Waals surface area contributed by atoms with Crippen LogP contribution in [-0.4, -0.2) is 17.6 Å². The van der Waals surface area contributed by atoms with Crippen molar-refractivity contribution in [2.75, 3.05) is 12.3 Å². The van der Waals surface area contributed by atoms with E-state index in [1.54, 1.807) is 6.07 Å². The van der Waals surface area contributed by atoms with Gasteiger partial charge in [-0.25, -0.2) is 4.39 Å². The first kappa shape index (κ1) is 14.8. The van der Waals surface area contributed by atoms with Crippen LogP contribution in [0.5, 0.6) is 5.75 Å². The fraction of sp³-hybridized carbons (Fsp3) is 0.188. The number of carbonyl (C=O) groups excluding carboxylic acids is 1. The summed E-state index contributed by atoms with van der Waals surface area (Å²) in [6, 6.07) is 8.80. The molecule has 0 spiro atoms. The number of benzene rings is 2. The number of aryl methyl sites for hydroxylation is 1. The van der Waals surface area contributed by atoms with Gasteiger partial charge in [0.25, 0.3) is 5.91 Å². The van der Waals surface area contributed by atoms with E-state index in [0.717, 1.165) is 11.1 Å². The smallest absolute Gasteiger partial charge is 0.253 e. The van der Waals surface area contributed by atoms with E-state index in [2.05, 4.69) is 5.32 Å². The molecule has 1 amide bonds. The topological polar surface area (TPSA) is 75.3 Å². The number of phenolic OH excluding ortho intramolecular Hbond substituents is 1. The van der Waals surface area contributed by atoms with Crippen molar-refractivity contribution < 1.29 is 14.3 Å². The zero-order valence-electron chi connectivity index (χ0n) is 11.7. The molecule has 0 aliphatic rings. The van der Waals surface area contributed by atoms with Crippen LogP contribution in [-0.2, 0) is 6.42 Å². The SMILES string of the molecule is Cc1cc(F)ccc1CCNC(=O)c1cc(O)ccc1N. The quantitative estimate of drug-likeness (QED) is 0.597. The second kappa shape index (κ2) is 6.26. The first-order valence-electron chi connectivity index (χ1n) is 6.59. The number of amides is 1. The van der Waals surface area contributed by atoms with Gasteiger partial charge >= 0.3 is 0 Å². The number of hydrogen-bond acceptors (Lipinski definition) is 3. The Labute approximate surface area is 122 Å². The maximum atomic E-state index is 13.0. The third-order valence-electron chi connectivity index (χ3n) is 3.27. The lowest BCUT2D eigenvalue weighted by atomic mass is 10.1. The molecule has 0 aliphatic carbocycles. The number of nitrogens with two attached hydrogens (primary N) is 1. The number of carbonyl (C=O) groups is 1. The van der Waals surface area contributed by atoms with Gasteiger partial charge in [-0.05, 0) is 54.8 Å².